The van der Waals surface area contributed by atoms with Crippen molar-refractivity contribution in [3.8, 4) is 11.4 Å². The van der Waals surface area contributed by atoms with Crippen LogP contribution >= 0.6 is 11.6 Å². The predicted molar refractivity (Wildman–Crippen MR) is 110 cm³/mol. The van der Waals surface area contributed by atoms with E-state index in [9.17, 15) is 0 Å². The summed E-state index contributed by atoms with van der Waals surface area (Å²) in [6, 6.07) is 18.3. The Labute approximate surface area is 170 Å². The molecule has 0 aliphatic carbocycles. The lowest BCUT2D eigenvalue weighted by atomic mass is 9.80. The van der Waals surface area contributed by atoms with Gasteiger partial charge in [0.2, 0.25) is 0 Å². The second kappa shape index (κ2) is 7.28. The second-order valence-electron chi connectivity index (χ2n) is 7.80. The minimum Gasteiger partial charge on any atom is -0.376 e. The summed E-state index contributed by atoms with van der Waals surface area (Å²) in [5, 5.41) is 0.790. The van der Waals surface area contributed by atoms with E-state index >= 15 is 0 Å². The first-order chi connectivity index (χ1) is 13.7. The topological polar surface area (TPSA) is 38.2 Å². The van der Waals surface area contributed by atoms with E-state index in [1.165, 1.54) is 11.3 Å². The summed E-state index contributed by atoms with van der Waals surface area (Å²) in [5.41, 5.74) is 4.53. The average Bonchev–Trinajstić information content (AvgIpc) is 3.12. The number of halogens is 1. The molecule has 3 aromatic rings. The normalized spacial score (nSPS) is 21.8. The van der Waals surface area contributed by atoms with Crippen molar-refractivity contribution < 1.29 is 4.74 Å². The van der Waals surface area contributed by atoms with Gasteiger partial charge in [0.05, 0.1) is 24.3 Å². The van der Waals surface area contributed by atoms with Crippen LogP contribution < -0.4 is 0 Å². The van der Waals surface area contributed by atoms with Gasteiger partial charge in [0.15, 0.2) is 5.82 Å². The zero-order chi connectivity index (χ0) is 19.0. The highest BCUT2D eigenvalue weighted by atomic mass is 35.5. The minimum absolute atomic E-state index is 0.0569. The molecular formula is C23H22ClN3O. The molecule has 5 rings (SSSR count). The van der Waals surface area contributed by atoms with Gasteiger partial charge in [-0.15, -0.1) is 0 Å². The zero-order valence-corrected chi connectivity index (χ0v) is 16.4. The molecule has 4 nitrogen and oxygen atoms in total. The monoisotopic (exact) mass is 391 g/mol. The fourth-order valence-corrected chi connectivity index (χ4v) is 4.63. The Balaban J connectivity index is 1.44. The van der Waals surface area contributed by atoms with Crippen LogP contribution in [0.15, 0.2) is 60.8 Å². The molecule has 2 aromatic carbocycles. The first kappa shape index (κ1) is 17.8. The lowest BCUT2D eigenvalue weighted by Gasteiger charge is -2.34. The number of hydrogen-bond acceptors (Lipinski definition) is 4. The van der Waals surface area contributed by atoms with Crippen LogP contribution in [0.3, 0.4) is 0 Å². The van der Waals surface area contributed by atoms with Crippen molar-refractivity contribution >= 4 is 11.6 Å². The molecule has 0 unspecified atom stereocenters. The molecule has 2 aliphatic rings. The molecule has 142 valence electrons. The number of ether oxygens (including phenoxy) is 1. The summed E-state index contributed by atoms with van der Waals surface area (Å²) in [7, 11) is 0. The van der Waals surface area contributed by atoms with Gasteiger partial charge in [-0.3, -0.25) is 4.90 Å². The molecule has 0 amide bonds. The van der Waals surface area contributed by atoms with Gasteiger partial charge < -0.3 is 4.74 Å². The van der Waals surface area contributed by atoms with Gasteiger partial charge in [-0.2, -0.15) is 0 Å². The van der Waals surface area contributed by atoms with E-state index in [-0.39, 0.29) is 5.41 Å². The fraction of sp³-hybridized carbons (Fsp3) is 0.304. The van der Waals surface area contributed by atoms with Gasteiger partial charge in [-0.05, 0) is 30.7 Å². The third-order valence-corrected chi connectivity index (χ3v) is 6.00. The van der Waals surface area contributed by atoms with E-state index in [0.717, 1.165) is 54.6 Å². The number of hydrogen-bond donors (Lipinski definition) is 0. The third-order valence-electron chi connectivity index (χ3n) is 5.76. The summed E-state index contributed by atoms with van der Waals surface area (Å²) in [4.78, 5) is 12.1. The molecule has 0 saturated carbocycles. The standard InChI is InChI=1S/C23H22ClN3O/c24-20-8-4-5-17(11-20)13-27-10-9-23(15-27)16-28-14-19-12-25-22(26-21(19)23)18-6-2-1-3-7-18/h1-8,11-12H,9-10,13-16H2/t23-/m0/s1. The number of nitrogens with zero attached hydrogens (tertiary/aromatic N) is 3. The summed E-state index contributed by atoms with van der Waals surface area (Å²) in [5.74, 6) is 0.800. The average molecular weight is 392 g/mol. The zero-order valence-electron chi connectivity index (χ0n) is 15.6. The van der Waals surface area contributed by atoms with E-state index < -0.39 is 0 Å². The molecule has 1 fully saturated rings. The van der Waals surface area contributed by atoms with Crippen molar-refractivity contribution in [2.75, 3.05) is 19.7 Å². The third kappa shape index (κ3) is 3.32. The van der Waals surface area contributed by atoms with Gasteiger partial charge in [-0.1, -0.05) is 54.1 Å². The predicted octanol–water partition coefficient (Wildman–Crippen LogP) is 4.47. The Morgan fingerprint density at radius 1 is 1.11 bits per heavy atom. The molecule has 3 heterocycles. The Morgan fingerprint density at radius 3 is 2.86 bits per heavy atom. The Hall–Kier alpha value is -2.27. The van der Waals surface area contributed by atoms with Crippen LogP contribution in [0.4, 0.5) is 0 Å². The Kier molecular flexibility index (Phi) is 4.63. The molecule has 0 radical (unpaired) electrons. The number of likely N-dealkylation sites (tertiary alicyclic amines) is 1. The molecule has 1 saturated heterocycles. The molecule has 2 aliphatic heterocycles. The molecule has 0 bridgehead atoms. The van der Waals surface area contributed by atoms with Crippen LogP contribution in [0.1, 0.15) is 23.2 Å². The highest BCUT2D eigenvalue weighted by Crippen LogP contribution is 2.40. The molecule has 0 N–H and O–H groups in total. The van der Waals surface area contributed by atoms with E-state index in [2.05, 4.69) is 28.1 Å². The van der Waals surface area contributed by atoms with Gasteiger partial charge in [0.1, 0.15) is 0 Å². The maximum absolute atomic E-state index is 6.16. The van der Waals surface area contributed by atoms with Crippen molar-refractivity contribution in [2.24, 2.45) is 0 Å². The highest BCUT2D eigenvalue weighted by Gasteiger charge is 2.44. The van der Waals surface area contributed by atoms with Crippen LogP contribution in [-0.2, 0) is 23.3 Å². The lowest BCUT2D eigenvalue weighted by Crippen LogP contribution is -2.40. The lowest BCUT2D eigenvalue weighted by molar-refractivity contribution is 0.0503. The molecule has 1 aromatic heterocycles. The number of benzene rings is 2. The van der Waals surface area contributed by atoms with Gasteiger partial charge in [0.25, 0.3) is 0 Å². The summed E-state index contributed by atoms with van der Waals surface area (Å²) < 4.78 is 5.97. The second-order valence-corrected chi connectivity index (χ2v) is 8.23. The summed E-state index contributed by atoms with van der Waals surface area (Å²) >= 11 is 6.16. The maximum atomic E-state index is 6.16. The van der Waals surface area contributed by atoms with Crippen molar-refractivity contribution in [1.29, 1.82) is 0 Å². The summed E-state index contributed by atoms with van der Waals surface area (Å²) in [6.45, 7) is 4.18. The summed E-state index contributed by atoms with van der Waals surface area (Å²) in [6.07, 6.45) is 3.00. The molecule has 1 spiro atoms. The van der Waals surface area contributed by atoms with Crippen LogP contribution in [0.5, 0.6) is 0 Å². The quantitative estimate of drug-likeness (QED) is 0.660. The first-order valence-electron chi connectivity index (χ1n) is 9.68. The molecule has 28 heavy (non-hydrogen) atoms. The van der Waals surface area contributed by atoms with E-state index in [0.29, 0.717) is 6.61 Å². The minimum atomic E-state index is -0.0569. The fourth-order valence-electron chi connectivity index (χ4n) is 4.42. The number of aromatic nitrogens is 2. The van der Waals surface area contributed by atoms with Gasteiger partial charge >= 0.3 is 0 Å². The van der Waals surface area contributed by atoms with Crippen LogP contribution in [0.2, 0.25) is 5.02 Å². The largest absolute Gasteiger partial charge is 0.376 e. The van der Waals surface area contributed by atoms with Gasteiger partial charge in [0, 0.05) is 35.4 Å². The van der Waals surface area contributed by atoms with Gasteiger partial charge in [-0.25, -0.2) is 9.97 Å². The Bertz CT molecular complexity index is 994. The van der Waals surface area contributed by atoms with Crippen molar-refractivity contribution in [3.63, 3.8) is 0 Å². The maximum Gasteiger partial charge on any atom is 0.159 e. The van der Waals surface area contributed by atoms with E-state index in [1.54, 1.807) is 0 Å². The number of rotatable bonds is 3. The molecular weight excluding hydrogens is 370 g/mol. The van der Waals surface area contributed by atoms with E-state index in [1.807, 2.05) is 42.6 Å². The first-order valence-corrected chi connectivity index (χ1v) is 10.1. The molecule has 1 atom stereocenters. The SMILES string of the molecule is Clc1cccc(CN2CC[C@@]3(COCc4cnc(-c5ccccc5)nc43)C2)c1. The smallest absolute Gasteiger partial charge is 0.159 e. The molecule has 5 heteroatoms. The van der Waals surface area contributed by atoms with Crippen LogP contribution in [-0.4, -0.2) is 34.6 Å². The van der Waals surface area contributed by atoms with E-state index in [4.69, 9.17) is 21.3 Å². The Morgan fingerprint density at radius 2 is 2.00 bits per heavy atom. The van der Waals surface area contributed by atoms with Crippen molar-refractivity contribution in [3.05, 3.63) is 82.6 Å². The van der Waals surface area contributed by atoms with Crippen LogP contribution in [0, 0.1) is 0 Å². The van der Waals surface area contributed by atoms with Crippen LogP contribution in [0.25, 0.3) is 11.4 Å². The highest BCUT2D eigenvalue weighted by molar-refractivity contribution is 6.30. The van der Waals surface area contributed by atoms with Crippen molar-refractivity contribution in [2.45, 2.75) is 25.0 Å². The number of fused-ring (bicyclic) bond motifs is 2. The van der Waals surface area contributed by atoms with Crippen molar-refractivity contribution in [1.82, 2.24) is 14.9 Å².